The van der Waals surface area contributed by atoms with Crippen LogP contribution >= 0.6 is 0 Å². The van der Waals surface area contributed by atoms with Gasteiger partial charge in [0, 0.05) is 13.0 Å². The van der Waals surface area contributed by atoms with Gasteiger partial charge in [0.2, 0.25) is 5.89 Å². The van der Waals surface area contributed by atoms with Crippen LogP contribution in [0, 0.1) is 0 Å². The lowest BCUT2D eigenvalue weighted by Gasteiger charge is -2.13. The van der Waals surface area contributed by atoms with Crippen molar-refractivity contribution in [1.82, 2.24) is 24.6 Å². The predicted molar refractivity (Wildman–Crippen MR) is 84.3 cm³/mol. The number of aromatic nitrogens is 4. The largest absolute Gasteiger partial charge is 0.338 e. The summed E-state index contributed by atoms with van der Waals surface area (Å²) in [6.07, 6.45) is 0. The molecule has 0 radical (unpaired) electrons. The second-order valence-electron chi connectivity index (χ2n) is 5.95. The Labute approximate surface area is 129 Å². The molecular weight excluding hydrogens is 278 g/mol. The highest BCUT2D eigenvalue weighted by molar-refractivity contribution is 5.75. The zero-order chi connectivity index (χ0) is 15.7. The lowest BCUT2D eigenvalue weighted by atomic mass is 10.2. The highest BCUT2D eigenvalue weighted by atomic mass is 16.5. The molecule has 2 heterocycles. The fourth-order valence-corrected chi connectivity index (χ4v) is 2.43. The maximum absolute atomic E-state index is 5.29. The van der Waals surface area contributed by atoms with Crippen LogP contribution in [0.1, 0.15) is 37.3 Å². The monoisotopic (exact) mass is 299 g/mol. The van der Waals surface area contributed by atoms with Crippen molar-refractivity contribution < 1.29 is 4.52 Å². The van der Waals surface area contributed by atoms with Crippen molar-refractivity contribution in [3.63, 3.8) is 0 Å². The van der Waals surface area contributed by atoms with Gasteiger partial charge >= 0.3 is 0 Å². The van der Waals surface area contributed by atoms with E-state index in [-0.39, 0.29) is 5.92 Å². The number of nitrogens with zero attached hydrogens (tertiary/aromatic N) is 5. The number of rotatable bonds is 5. The molecule has 22 heavy (non-hydrogen) atoms. The summed E-state index contributed by atoms with van der Waals surface area (Å²) >= 11 is 0. The van der Waals surface area contributed by atoms with Crippen LogP contribution in [-0.2, 0) is 20.1 Å². The minimum Gasteiger partial charge on any atom is -0.338 e. The lowest BCUT2D eigenvalue weighted by Crippen LogP contribution is -2.19. The van der Waals surface area contributed by atoms with Crippen LogP contribution < -0.4 is 0 Å². The molecule has 0 aliphatic carbocycles. The molecule has 3 rings (SSSR count). The summed E-state index contributed by atoms with van der Waals surface area (Å²) in [5.41, 5.74) is 2.17. The topological polar surface area (TPSA) is 60.0 Å². The predicted octanol–water partition coefficient (Wildman–Crippen LogP) is 2.71. The van der Waals surface area contributed by atoms with Crippen molar-refractivity contribution in [2.75, 3.05) is 7.05 Å². The quantitative estimate of drug-likeness (QED) is 0.725. The summed E-state index contributed by atoms with van der Waals surface area (Å²) in [5, 5.41) is 3.99. The molecule has 0 saturated carbocycles. The van der Waals surface area contributed by atoms with Crippen molar-refractivity contribution in [2.24, 2.45) is 7.05 Å². The number of hydrogen-bond donors (Lipinski definition) is 0. The van der Waals surface area contributed by atoms with Crippen LogP contribution in [0.4, 0.5) is 0 Å². The molecule has 6 nitrogen and oxygen atoms in total. The zero-order valence-corrected chi connectivity index (χ0v) is 13.4. The molecule has 0 unspecified atom stereocenters. The second-order valence-corrected chi connectivity index (χ2v) is 5.95. The number of fused-ring (bicyclic) bond motifs is 1. The molecule has 0 aliphatic heterocycles. The summed E-state index contributed by atoms with van der Waals surface area (Å²) in [5.74, 6) is 2.70. The Morgan fingerprint density at radius 2 is 1.95 bits per heavy atom. The average Bonchev–Trinajstić information content (AvgIpc) is 3.06. The molecule has 6 heteroatoms. The molecule has 2 aromatic heterocycles. The lowest BCUT2D eigenvalue weighted by molar-refractivity contribution is 0.254. The van der Waals surface area contributed by atoms with Gasteiger partial charge in [0.15, 0.2) is 5.82 Å². The van der Waals surface area contributed by atoms with Crippen molar-refractivity contribution >= 4 is 11.0 Å². The summed E-state index contributed by atoms with van der Waals surface area (Å²) in [6, 6.07) is 8.16. The van der Waals surface area contributed by atoms with E-state index in [9.17, 15) is 0 Å². The fourth-order valence-electron chi connectivity index (χ4n) is 2.43. The van der Waals surface area contributed by atoms with E-state index in [1.807, 2.05) is 32.3 Å². The van der Waals surface area contributed by atoms with E-state index in [0.717, 1.165) is 29.2 Å². The number of benzene rings is 1. The van der Waals surface area contributed by atoms with Gasteiger partial charge in [-0.05, 0) is 19.2 Å². The van der Waals surface area contributed by atoms with Crippen LogP contribution in [0.3, 0.4) is 0 Å². The average molecular weight is 299 g/mol. The Kier molecular flexibility index (Phi) is 3.94. The van der Waals surface area contributed by atoms with Crippen molar-refractivity contribution in [3.8, 4) is 0 Å². The first-order chi connectivity index (χ1) is 10.5. The van der Waals surface area contributed by atoms with Gasteiger partial charge in [0.05, 0.1) is 24.1 Å². The number of aryl methyl sites for hydroxylation is 1. The van der Waals surface area contributed by atoms with E-state index < -0.39 is 0 Å². The van der Waals surface area contributed by atoms with Crippen LogP contribution in [0.25, 0.3) is 11.0 Å². The van der Waals surface area contributed by atoms with Crippen molar-refractivity contribution in [1.29, 1.82) is 0 Å². The summed E-state index contributed by atoms with van der Waals surface area (Å²) in [7, 11) is 4.07. The van der Waals surface area contributed by atoms with Crippen LogP contribution in [-0.4, -0.2) is 31.6 Å². The zero-order valence-electron chi connectivity index (χ0n) is 13.4. The van der Waals surface area contributed by atoms with E-state index in [1.165, 1.54) is 0 Å². The van der Waals surface area contributed by atoms with E-state index in [0.29, 0.717) is 12.4 Å². The smallest absolute Gasteiger partial charge is 0.240 e. The molecule has 0 aliphatic rings. The molecular formula is C16H21N5O. The van der Waals surface area contributed by atoms with Gasteiger partial charge in [-0.15, -0.1) is 0 Å². The molecule has 1 aromatic carbocycles. The van der Waals surface area contributed by atoms with E-state index >= 15 is 0 Å². The Balaban J connectivity index is 1.72. The Morgan fingerprint density at radius 3 is 2.64 bits per heavy atom. The molecule has 0 N–H and O–H groups in total. The molecule has 0 atom stereocenters. The molecule has 0 bridgehead atoms. The molecule has 0 spiro atoms. The summed E-state index contributed by atoms with van der Waals surface area (Å²) in [4.78, 5) is 11.2. The van der Waals surface area contributed by atoms with Crippen LogP contribution in [0.2, 0.25) is 0 Å². The third kappa shape index (κ3) is 2.87. The maximum atomic E-state index is 5.29. The van der Waals surface area contributed by atoms with Gasteiger partial charge in [-0.3, -0.25) is 4.90 Å². The number of imidazole rings is 1. The molecule has 0 fully saturated rings. The third-order valence-corrected chi connectivity index (χ3v) is 3.70. The van der Waals surface area contributed by atoms with E-state index in [4.69, 9.17) is 4.52 Å². The minimum atomic E-state index is 0.280. The Morgan fingerprint density at radius 1 is 1.18 bits per heavy atom. The Hall–Kier alpha value is -2.21. The molecule has 116 valence electrons. The van der Waals surface area contributed by atoms with Crippen LogP contribution in [0.15, 0.2) is 28.8 Å². The van der Waals surface area contributed by atoms with Gasteiger partial charge < -0.3 is 9.09 Å². The minimum absolute atomic E-state index is 0.280. The van der Waals surface area contributed by atoms with Gasteiger partial charge in [-0.25, -0.2) is 4.98 Å². The molecule has 3 aromatic rings. The first-order valence-corrected chi connectivity index (χ1v) is 7.46. The number of hydrogen-bond acceptors (Lipinski definition) is 5. The molecule has 0 amide bonds. The SMILES string of the molecule is CC(C)c1noc(CN(C)Cc2nc3ccccc3n2C)n1. The third-order valence-electron chi connectivity index (χ3n) is 3.70. The highest BCUT2D eigenvalue weighted by Crippen LogP contribution is 2.16. The second kappa shape index (κ2) is 5.88. The van der Waals surface area contributed by atoms with E-state index in [1.54, 1.807) is 0 Å². The number of para-hydroxylation sites is 2. The molecule has 0 saturated heterocycles. The van der Waals surface area contributed by atoms with Crippen LogP contribution in [0.5, 0.6) is 0 Å². The van der Waals surface area contributed by atoms with Crippen molar-refractivity contribution in [2.45, 2.75) is 32.9 Å². The van der Waals surface area contributed by atoms with Gasteiger partial charge in [0.1, 0.15) is 5.82 Å². The summed E-state index contributed by atoms with van der Waals surface area (Å²) < 4.78 is 7.42. The van der Waals surface area contributed by atoms with E-state index in [2.05, 4.69) is 44.5 Å². The Bertz CT molecular complexity index is 774. The van der Waals surface area contributed by atoms with Crippen molar-refractivity contribution in [3.05, 3.63) is 41.8 Å². The first-order valence-electron chi connectivity index (χ1n) is 7.46. The maximum Gasteiger partial charge on any atom is 0.240 e. The summed E-state index contributed by atoms with van der Waals surface area (Å²) in [6.45, 7) is 5.45. The van der Waals surface area contributed by atoms with Gasteiger partial charge in [-0.2, -0.15) is 4.98 Å². The standard InChI is InChI=1S/C16H21N5O/c1-11(2)16-18-15(22-19-16)10-20(3)9-14-17-12-7-5-6-8-13(12)21(14)4/h5-8,11H,9-10H2,1-4H3. The van der Waals surface area contributed by atoms with Gasteiger partial charge in [0.25, 0.3) is 0 Å². The normalized spacial score (nSPS) is 11.9. The highest BCUT2D eigenvalue weighted by Gasteiger charge is 2.14. The first kappa shape index (κ1) is 14.7. The van der Waals surface area contributed by atoms with Gasteiger partial charge in [-0.1, -0.05) is 31.1 Å². The fraction of sp³-hybridized carbons (Fsp3) is 0.438.